The monoisotopic (exact) mass is 392 g/mol. The number of H-pyrrole nitrogens is 1. The number of aromatic nitrogens is 3. The molecule has 4 rings (SSSR count). The first-order valence-electron chi connectivity index (χ1n) is 8.79. The van der Waals surface area contributed by atoms with Crippen LogP contribution in [0.4, 0.5) is 14.9 Å². The predicted molar refractivity (Wildman–Crippen MR) is 98.2 cm³/mol. The third-order valence-corrected chi connectivity index (χ3v) is 6.58. The first kappa shape index (κ1) is 18.1. The summed E-state index contributed by atoms with van der Waals surface area (Å²) < 4.78 is 29.6. The first-order chi connectivity index (χ1) is 12.7. The van der Waals surface area contributed by atoms with Gasteiger partial charge in [0.25, 0.3) is 0 Å². The minimum atomic E-state index is -3.76. The molecule has 1 unspecified atom stereocenters. The van der Waals surface area contributed by atoms with Crippen molar-refractivity contribution in [2.45, 2.75) is 56.4 Å². The third kappa shape index (κ3) is 3.02. The fraction of sp³-hybridized carbons (Fsp3) is 0.471. The van der Waals surface area contributed by atoms with Crippen molar-refractivity contribution < 1.29 is 13.4 Å². The zero-order chi connectivity index (χ0) is 19.4. The highest BCUT2D eigenvalue weighted by atomic mass is 32.2. The highest BCUT2D eigenvalue weighted by Crippen LogP contribution is 2.44. The molecule has 0 aromatic carbocycles. The van der Waals surface area contributed by atoms with Crippen LogP contribution in [0.25, 0.3) is 0 Å². The first-order valence-corrected chi connectivity index (χ1v) is 10.4. The van der Waals surface area contributed by atoms with Crippen molar-refractivity contribution >= 4 is 21.6 Å². The number of aromatic amines is 1. The predicted octanol–water partition coefficient (Wildman–Crippen LogP) is 2.59. The number of urea groups is 1. The molecule has 0 bridgehead atoms. The van der Waals surface area contributed by atoms with Gasteiger partial charge in [-0.15, -0.1) is 4.36 Å². The average molecular weight is 392 g/mol. The van der Waals surface area contributed by atoms with Crippen LogP contribution in [-0.2, 0) is 34.6 Å². The molecular weight excluding hydrogens is 371 g/mol. The molecule has 4 N–H and O–H groups in total. The minimum absolute atomic E-state index is 0.0654. The second kappa shape index (κ2) is 6.10. The van der Waals surface area contributed by atoms with E-state index in [4.69, 9.17) is 10.1 Å². The molecule has 2 aromatic rings. The molecule has 0 saturated heterocycles. The highest BCUT2D eigenvalue weighted by molar-refractivity contribution is 7.91. The van der Waals surface area contributed by atoms with E-state index in [1.165, 1.54) is 0 Å². The minimum Gasteiger partial charge on any atom is -0.305 e. The summed E-state index contributed by atoms with van der Waals surface area (Å²) in [6.07, 6.45) is 5.22. The van der Waals surface area contributed by atoms with Gasteiger partial charge in [-0.05, 0) is 43.2 Å². The zero-order valence-corrected chi connectivity index (χ0v) is 16.0. The number of carbonyl (C=O) groups is 1. The lowest BCUT2D eigenvalue weighted by Gasteiger charge is -2.20. The van der Waals surface area contributed by atoms with Crippen LogP contribution in [0.1, 0.15) is 49.2 Å². The summed E-state index contributed by atoms with van der Waals surface area (Å²) in [5, 5.41) is 13.5. The number of nitrogens with one attached hydrogen (secondary N) is 2. The lowest BCUT2D eigenvalue weighted by atomic mass is 9.90. The highest BCUT2D eigenvalue weighted by Gasteiger charge is 2.36. The molecule has 0 aliphatic heterocycles. The topological polar surface area (TPSA) is 126 Å². The van der Waals surface area contributed by atoms with Crippen molar-refractivity contribution in [3.8, 4) is 0 Å². The van der Waals surface area contributed by atoms with E-state index in [1.807, 2.05) is 0 Å². The molecule has 0 radical (unpaired) electrons. The van der Waals surface area contributed by atoms with E-state index in [9.17, 15) is 13.4 Å². The number of amides is 2. The Balaban J connectivity index is 1.74. The van der Waals surface area contributed by atoms with Crippen molar-refractivity contribution in [3.05, 3.63) is 34.5 Å². The summed E-state index contributed by atoms with van der Waals surface area (Å²) in [5.41, 5.74) is 4.63. The van der Waals surface area contributed by atoms with Crippen LogP contribution >= 0.6 is 0 Å². The van der Waals surface area contributed by atoms with Crippen LogP contribution in [0.2, 0.25) is 0 Å². The summed E-state index contributed by atoms with van der Waals surface area (Å²) in [5.74, 6) is -0.897. The number of rotatable bonds is 2. The van der Waals surface area contributed by atoms with Gasteiger partial charge in [-0.2, -0.15) is 5.10 Å². The standard InChI is InChI=1S/C17H21FN6O2S/c1-17(2)7-6-10-13(9-4-3-5-12(9)21-14(10)17)22-16(25)24-27(19,26)15-11(18)8-20-23-15/h8H,3-7H2,1-2H3,(H,20,23)(H3,19,21,22,24,25,26). The molecule has 144 valence electrons. The molecular formula is C17H21FN6O2S. The molecule has 0 saturated carbocycles. The molecule has 2 amide bonds. The Morgan fingerprint density at radius 3 is 2.85 bits per heavy atom. The molecule has 0 spiro atoms. The molecule has 8 nitrogen and oxygen atoms in total. The fourth-order valence-corrected chi connectivity index (χ4v) is 4.80. The van der Waals surface area contributed by atoms with E-state index >= 15 is 0 Å². The Morgan fingerprint density at radius 1 is 1.37 bits per heavy atom. The van der Waals surface area contributed by atoms with Crippen LogP contribution in [0, 0.1) is 5.82 Å². The van der Waals surface area contributed by atoms with Crippen molar-refractivity contribution in [1.29, 1.82) is 0 Å². The van der Waals surface area contributed by atoms with Gasteiger partial charge in [-0.1, -0.05) is 13.8 Å². The maximum Gasteiger partial charge on any atom is 0.354 e. The number of anilines is 1. The number of pyridine rings is 1. The van der Waals surface area contributed by atoms with Gasteiger partial charge >= 0.3 is 6.03 Å². The largest absolute Gasteiger partial charge is 0.354 e. The lowest BCUT2D eigenvalue weighted by Crippen LogP contribution is -2.21. The normalized spacial score (nSPS) is 19.3. The van der Waals surface area contributed by atoms with Gasteiger partial charge in [0.05, 0.1) is 17.6 Å². The quantitative estimate of drug-likeness (QED) is 0.726. The molecule has 10 heteroatoms. The average Bonchev–Trinajstić information content (AvgIpc) is 3.27. The van der Waals surface area contributed by atoms with Gasteiger partial charge < -0.3 is 5.32 Å². The van der Waals surface area contributed by atoms with Gasteiger partial charge in [0.2, 0.25) is 0 Å². The SMILES string of the molecule is CC1(C)CCc2c1nc1c(c2NC(=O)N=S(N)(=O)c2[nH]ncc2F)CCC1. The van der Waals surface area contributed by atoms with Crippen molar-refractivity contribution in [2.75, 3.05) is 5.32 Å². The number of aryl methyl sites for hydroxylation is 1. The zero-order valence-electron chi connectivity index (χ0n) is 15.1. The van der Waals surface area contributed by atoms with Crippen molar-refractivity contribution in [1.82, 2.24) is 15.2 Å². The second-order valence-electron chi connectivity index (χ2n) is 7.61. The van der Waals surface area contributed by atoms with Crippen molar-refractivity contribution in [2.24, 2.45) is 9.50 Å². The summed E-state index contributed by atoms with van der Waals surface area (Å²) in [4.78, 5) is 17.3. The van der Waals surface area contributed by atoms with Crippen LogP contribution in [0.5, 0.6) is 0 Å². The second-order valence-corrected chi connectivity index (χ2v) is 9.34. The van der Waals surface area contributed by atoms with Gasteiger partial charge in [-0.3, -0.25) is 10.1 Å². The molecule has 27 heavy (non-hydrogen) atoms. The van der Waals surface area contributed by atoms with Crippen LogP contribution in [0.3, 0.4) is 0 Å². The van der Waals surface area contributed by atoms with Crippen LogP contribution < -0.4 is 10.5 Å². The van der Waals surface area contributed by atoms with E-state index in [-0.39, 0.29) is 5.41 Å². The Labute approximate surface area is 156 Å². The molecule has 0 fully saturated rings. The van der Waals surface area contributed by atoms with Gasteiger partial charge in [0.1, 0.15) is 0 Å². The summed E-state index contributed by atoms with van der Waals surface area (Å²) in [6, 6.07) is -0.872. The smallest absolute Gasteiger partial charge is 0.305 e. The Hall–Kier alpha value is -2.33. The number of nitrogens with two attached hydrogens (primary N) is 1. The fourth-order valence-electron chi connectivity index (χ4n) is 3.90. The Morgan fingerprint density at radius 2 is 2.15 bits per heavy atom. The lowest BCUT2D eigenvalue weighted by molar-refractivity contribution is 0.260. The number of hydrogen-bond donors (Lipinski definition) is 3. The van der Waals surface area contributed by atoms with Gasteiger partial charge in [0, 0.05) is 11.1 Å². The number of carbonyl (C=O) groups excluding carboxylic acids is 1. The van der Waals surface area contributed by atoms with Crippen molar-refractivity contribution in [3.63, 3.8) is 0 Å². The summed E-state index contributed by atoms with van der Waals surface area (Å²) >= 11 is 0. The Kier molecular flexibility index (Phi) is 4.08. The summed E-state index contributed by atoms with van der Waals surface area (Å²) in [7, 11) is -3.76. The molecule has 1 atom stereocenters. The van der Waals surface area contributed by atoms with E-state index in [1.54, 1.807) is 0 Å². The molecule has 2 aliphatic carbocycles. The van der Waals surface area contributed by atoms with E-state index in [2.05, 4.69) is 33.7 Å². The molecule has 2 aromatic heterocycles. The molecule has 2 heterocycles. The third-order valence-electron chi connectivity index (χ3n) is 5.27. The maximum absolute atomic E-state index is 13.6. The number of halogens is 1. The van der Waals surface area contributed by atoms with Crippen LogP contribution in [-0.4, -0.2) is 25.4 Å². The van der Waals surface area contributed by atoms with Gasteiger partial charge in [-0.25, -0.2) is 18.5 Å². The summed E-state index contributed by atoms with van der Waals surface area (Å²) in [6.45, 7) is 4.27. The number of fused-ring (bicyclic) bond motifs is 2. The van der Waals surface area contributed by atoms with Gasteiger partial charge in [0.15, 0.2) is 20.8 Å². The van der Waals surface area contributed by atoms with Crippen LogP contribution in [0.15, 0.2) is 15.6 Å². The van der Waals surface area contributed by atoms with E-state index in [0.717, 1.165) is 60.8 Å². The maximum atomic E-state index is 13.6. The number of nitrogens with zero attached hydrogens (tertiary/aromatic N) is 3. The Bertz CT molecular complexity index is 1070. The van der Waals surface area contributed by atoms with E-state index in [0.29, 0.717) is 5.69 Å². The number of hydrogen-bond acceptors (Lipinski definition) is 4. The van der Waals surface area contributed by atoms with E-state index < -0.39 is 26.8 Å². The molecule has 2 aliphatic rings.